The van der Waals surface area contributed by atoms with E-state index >= 15 is 0 Å². The highest BCUT2D eigenvalue weighted by molar-refractivity contribution is 5.79. The van der Waals surface area contributed by atoms with Crippen LogP contribution in [0.15, 0.2) is 0 Å². The molecule has 0 aliphatic heterocycles. The van der Waals surface area contributed by atoms with E-state index in [4.69, 9.17) is 0 Å². The van der Waals surface area contributed by atoms with Crippen molar-refractivity contribution < 1.29 is 9.90 Å². The standard InChI is InChI=1S/C22H34O2/c1-21-9-6-16(23)12-14(21)2-4-18-19(21)8-11-22-10-7-17(24)13-15(22)3-5-20(18)22/h14-16,18-20,23H,2-13H2,1H3/t14-,15-,16-,18-,19+,20+,21+,22?/m1/s1. The van der Waals surface area contributed by atoms with Crippen molar-refractivity contribution in [1.29, 1.82) is 0 Å². The average Bonchev–Trinajstić information content (AvgIpc) is 2.94. The van der Waals surface area contributed by atoms with Gasteiger partial charge in [0.2, 0.25) is 0 Å². The molecule has 0 heterocycles. The molecule has 0 aromatic rings. The number of Topliss-reactive ketones (excluding diaryl/α,β-unsaturated/α-hetero) is 1. The Balaban J connectivity index is 1.44. The van der Waals surface area contributed by atoms with Gasteiger partial charge in [0, 0.05) is 12.8 Å². The van der Waals surface area contributed by atoms with Crippen molar-refractivity contribution in [2.75, 3.05) is 0 Å². The summed E-state index contributed by atoms with van der Waals surface area (Å²) in [6, 6.07) is 0. The summed E-state index contributed by atoms with van der Waals surface area (Å²) < 4.78 is 0. The van der Waals surface area contributed by atoms with Crippen LogP contribution in [0, 0.1) is 40.4 Å². The molecule has 0 radical (unpaired) electrons. The van der Waals surface area contributed by atoms with Crippen molar-refractivity contribution >= 4 is 5.78 Å². The van der Waals surface area contributed by atoms with Crippen LogP contribution in [0.4, 0.5) is 0 Å². The molecule has 0 bridgehead atoms. The predicted molar refractivity (Wildman–Crippen MR) is 94.4 cm³/mol. The monoisotopic (exact) mass is 330 g/mol. The summed E-state index contributed by atoms with van der Waals surface area (Å²) in [4.78, 5) is 12.0. The molecule has 24 heavy (non-hydrogen) atoms. The third-order valence-electron chi connectivity index (χ3n) is 9.88. The molecule has 0 aromatic heterocycles. The highest BCUT2D eigenvalue weighted by Crippen LogP contribution is 2.69. The summed E-state index contributed by atoms with van der Waals surface area (Å²) in [6.07, 6.45) is 14.6. The Bertz CT molecular complexity index is 542. The minimum Gasteiger partial charge on any atom is -0.393 e. The lowest BCUT2D eigenvalue weighted by Crippen LogP contribution is -2.55. The van der Waals surface area contributed by atoms with Gasteiger partial charge in [0.15, 0.2) is 0 Å². The van der Waals surface area contributed by atoms with Crippen molar-refractivity contribution in [2.24, 2.45) is 40.4 Å². The third-order valence-corrected chi connectivity index (χ3v) is 9.88. The minimum absolute atomic E-state index is 0.0326. The Labute approximate surface area is 146 Å². The van der Waals surface area contributed by atoms with E-state index in [1.165, 1.54) is 51.4 Å². The van der Waals surface area contributed by atoms with E-state index in [0.29, 0.717) is 16.6 Å². The van der Waals surface area contributed by atoms with Crippen molar-refractivity contribution in [3.05, 3.63) is 0 Å². The second kappa shape index (κ2) is 5.32. The van der Waals surface area contributed by atoms with Crippen molar-refractivity contribution in [3.63, 3.8) is 0 Å². The normalized spacial score (nSPS) is 56.8. The highest BCUT2D eigenvalue weighted by atomic mass is 16.3. The predicted octanol–water partition coefficient (Wildman–Crippen LogP) is 4.74. The van der Waals surface area contributed by atoms with Gasteiger partial charge in [0.1, 0.15) is 5.78 Å². The van der Waals surface area contributed by atoms with Crippen LogP contribution in [0.2, 0.25) is 0 Å². The summed E-state index contributed by atoms with van der Waals surface area (Å²) in [5, 5.41) is 10.2. The molecule has 1 spiro atoms. The fourth-order valence-electron chi connectivity index (χ4n) is 8.72. The topological polar surface area (TPSA) is 37.3 Å². The molecule has 1 N–H and O–H groups in total. The summed E-state index contributed by atoms with van der Waals surface area (Å²) in [7, 11) is 0. The molecular weight excluding hydrogens is 296 g/mol. The van der Waals surface area contributed by atoms with Crippen LogP contribution < -0.4 is 0 Å². The zero-order chi connectivity index (χ0) is 16.5. The first-order chi connectivity index (χ1) is 11.5. The Morgan fingerprint density at radius 1 is 0.917 bits per heavy atom. The molecule has 5 aliphatic carbocycles. The largest absolute Gasteiger partial charge is 0.393 e. The lowest BCUT2D eigenvalue weighted by molar-refractivity contribution is -0.144. The van der Waals surface area contributed by atoms with Crippen LogP contribution in [0.25, 0.3) is 0 Å². The zero-order valence-electron chi connectivity index (χ0n) is 15.3. The first kappa shape index (κ1) is 15.9. The molecule has 2 nitrogen and oxygen atoms in total. The number of carbonyl (C=O) groups is 1. The van der Waals surface area contributed by atoms with Crippen LogP contribution in [-0.2, 0) is 4.79 Å². The first-order valence-electron chi connectivity index (χ1n) is 10.7. The fourth-order valence-corrected chi connectivity index (χ4v) is 8.72. The highest BCUT2D eigenvalue weighted by Gasteiger charge is 2.62. The molecule has 5 fully saturated rings. The molecule has 1 unspecified atom stereocenters. The Morgan fingerprint density at radius 2 is 1.75 bits per heavy atom. The number of hydrogen-bond acceptors (Lipinski definition) is 2. The fraction of sp³-hybridized carbons (Fsp3) is 0.955. The smallest absolute Gasteiger partial charge is 0.133 e. The van der Waals surface area contributed by atoms with Gasteiger partial charge in [-0.15, -0.1) is 0 Å². The van der Waals surface area contributed by atoms with Crippen LogP contribution in [-0.4, -0.2) is 17.0 Å². The number of ketones is 1. The maximum atomic E-state index is 12.0. The molecular formula is C22H34O2. The Kier molecular flexibility index (Phi) is 3.51. The van der Waals surface area contributed by atoms with Crippen molar-refractivity contribution in [1.82, 2.24) is 0 Å². The van der Waals surface area contributed by atoms with E-state index in [9.17, 15) is 9.90 Å². The molecule has 5 rings (SSSR count). The van der Waals surface area contributed by atoms with Gasteiger partial charge < -0.3 is 5.11 Å². The molecule has 5 saturated carbocycles. The number of carbonyl (C=O) groups excluding carboxylic acids is 1. The van der Waals surface area contributed by atoms with Gasteiger partial charge >= 0.3 is 0 Å². The Morgan fingerprint density at radius 3 is 2.62 bits per heavy atom. The maximum absolute atomic E-state index is 12.0. The van der Waals surface area contributed by atoms with E-state index in [1.54, 1.807) is 0 Å². The summed E-state index contributed by atoms with van der Waals surface area (Å²) in [5.41, 5.74) is 1.04. The van der Waals surface area contributed by atoms with E-state index in [2.05, 4.69) is 6.92 Å². The molecule has 0 amide bonds. The molecule has 0 aromatic carbocycles. The van der Waals surface area contributed by atoms with Crippen molar-refractivity contribution in [3.8, 4) is 0 Å². The molecule has 2 heteroatoms. The van der Waals surface area contributed by atoms with E-state index in [1.807, 2.05) is 0 Å². The van der Waals surface area contributed by atoms with Gasteiger partial charge in [-0.05, 0) is 105 Å². The maximum Gasteiger partial charge on any atom is 0.133 e. The Hall–Kier alpha value is -0.370. The summed E-state index contributed by atoms with van der Waals surface area (Å²) in [5.74, 6) is 4.78. The third kappa shape index (κ3) is 2.01. The van der Waals surface area contributed by atoms with Crippen molar-refractivity contribution in [2.45, 2.75) is 90.1 Å². The van der Waals surface area contributed by atoms with Crippen LogP contribution in [0.5, 0.6) is 0 Å². The molecule has 134 valence electrons. The van der Waals surface area contributed by atoms with Gasteiger partial charge in [0.05, 0.1) is 6.10 Å². The summed E-state index contributed by atoms with van der Waals surface area (Å²) >= 11 is 0. The number of aliphatic hydroxyl groups excluding tert-OH is 1. The van der Waals surface area contributed by atoms with Gasteiger partial charge in [0.25, 0.3) is 0 Å². The minimum atomic E-state index is -0.0326. The second-order valence-corrected chi connectivity index (χ2v) is 10.4. The first-order valence-corrected chi connectivity index (χ1v) is 10.7. The SMILES string of the molecule is C[C@]12CC[C@@H](O)C[C@H]1CC[C@H]1[C@@H]3CC[C@@H]4CC(=O)CCC43CC[C@@H]12. The second-order valence-electron chi connectivity index (χ2n) is 10.4. The number of rotatable bonds is 0. The van der Waals surface area contributed by atoms with Gasteiger partial charge in [-0.2, -0.15) is 0 Å². The lowest BCUT2D eigenvalue weighted by atomic mass is 9.43. The van der Waals surface area contributed by atoms with E-state index < -0.39 is 0 Å². The lowest BCUT2D eigenvalue weighted by Gasteiger charge is -2.62. The van der Waals surface area contributed by atoms with E-state index in [-0.39, 0.29) is 6.10 Å². The van der Waals surface area contributed by atoms with Crippen LogP contribution >= 0.6 is 0 Å². The van der Waals surface area contributed by atoms with Gasteiger partial charge in [-0.1, -0.05) is 6.92 Å². The number of hydrogen-bond donors (Lipinski definition) is 1. The van der Waals surface area contributed by atoms with Crippen LogP contribution in [0.3, 0.4) is 0 Å². The van der Waals surface area contributed by atoms with Crippen LogP contribution in [0.1, 0.15) is 84.0 Å². The number of aliphatic hydroxyl groups is 1. The molecule has 0 saturated heterocycles. The molecule has 5 aliphatic rings. The summed E-state index contributed by atoms with van der Waals surface area (Å²) in [6.45, 7) is 2.58. The van der Waals surface area contributed by atoms with Gasteiger partial charge in [-0.25, -0.2) is 0 Å². The molecule has 8 atom stereocenters. The van der Waals surface area contributed by atoms with Gasteiger partial charge in [-0.3, -0.25) is 4.79 Å². The zero-order valence-corrected chi connectivity index (χ0v) is 15.3. The number of fused-ring (bicyclic) bond motifs is 4. The quantitative estimate of drug-likeness (QED) is 0.696. The van der Waals surface area contributed by atoms with E-state index in [0.717, 1.165) is 55.3 Å². The average molecular weight is 331 g/mol.